The second-order valence-electron chi connectivity index (χ2n) is 9.22. The molecule has 1 N–H and O–H groups in total. The van der Waals surface area contributed by atoms with E-state index < -0.39 is 18.5 Å². The van der Waals surface area contributed by atoms with Crippen LogP contribution in [0.25, 0.3) is 44.1 Å². The first kappa shape index (κ1) is 28.0. The minimum Gasteiger partial charge on any atom is -0.497 e. The van der Waals surface area contributed by atoms with Crippen LogP contribution in [0.5, 0.6) is 11.5 Å². The molecule has 0 aliphatic carbocycles. The molecular formula is C32H24N4O5S2. The van der Waals surface area contributed by atoms with Crippen molar-refractivity contribution in [2.45, 2.75) is 0 Å². The third kappa shape index (κ3) is 6.22. The van der Waals surface area contributed by atoms with E-state index in [2.05, 4.69) is 10.3 Å². The van der Waals surface area contributed by atoms with Gasteiger partial charge in [-0.3, -0.25) is 10.1 Å². The van der Waals surface area contributed by atoms with E-state index in [1.54, 1.807) is 43.8 Å². The van der Waals surface area contributed by atoms with E-state index >= 15 is 0 Å². The number of nitrogens with zero attached hydrogens (tertiary/aromatic N) is 3. The molecule has 0 fully saturated rings. The number of aromatic nitrogens is 3. The number of hydrogen-bond acceptors (Lipinski definition) is 10. The largest absolute Gasteiger partial charge is 0.497 e. The molecular weight excluding hydrogens is 585 g/mol. The lowest BCUT2D eigenvalue weighted by Crippen LogP contribution is -2.20. The van der Waals surface area contributed by atoms with Gasteiger partial charge in [-0.2, -0.15) is 0 Å². The van der Waals surface area contributed by atoms with Gasteiger partial charge in [0.05, 0.1) is 52.8 Å². The number of esters is 1. The number of anilines is 1. The maximum absolute atomic E-state index is 12.9. The quantitative estimate of drug-likeness (QED) is 0.175. The number of nitrogens with one attached hydrogen (secondary N) is 1. The van der Waals surface area contributed by atoms with Crippen molar-refractivity contribution in [3.8, 4) is 44.6 Å². The van der Waals surface area contributed by atoms with E-state index in [-0.39, 0.29) is 5.56 Å². The first-order valence-corrected chi connectivity index (χ1v) is 14.8. The minimum absolute atomic E-state index is 0.252. The van der Waals surface area contributed by atoms with Gasteiger partial charge in [-0.1, -0.05) is 6.07 Å². The van der Waals surface area contributed by atoms with Gasteiger partial charge in [-0.05, 0) is 78.2 Å². The minimum atomic E-state index is -0.650. The molecule has 6 rings (SSSR count). The average Bonchev–Trinajstić information content (AvgIpc) is 3.76. The summed E-state index contributed by atoms with van der Waals surface area (Å²) in [5.74, 6) is 0.319. The molecule has 0 aliphatic heterocycles. The zero-order valence-corrected chi connectivity index (χ0v) is 24.7. The summed E-state index contributed by atoms with van der Waals surface area (Å²) in [6.45, 7) is -0.454. The predicted molar refractivity (Wildman–Crippen MR) is 168 cm³/mol. The zero-order chi connectivity index (χ0) is 29.8. The van der Waals surface area contributed by atoms with E-state index in [0.29, 0.717) is 27.6 Å². The number of ether oxygens (including phenoxy) is 3. The summed E-state index contributed by atoms with van der Waals surface area (Å²) < 4.78 is 15.9. The van der Waals surface area contributed by atoms with Crippen LogP contribution in [0.2, 0.25) is 0 Å². The molecule has 0 radical (unpaired) electrons. The van der Waals surface area contributed by atoms with Crippen molar-refractivity contribution in [2.75, 3.05) is 26.1 Å². The van der Waals surface area contributed by atoms with E-state index in [0.717, 1.165) is 33.2 Å². The Kier molecular flexibility index (Phi) is 8.07. The zero-order valence-electron chi connectivity index (χ0n) is 23.1. The number of thiophene rings is 1. The van der Waals surface area contributed by atoms with Gasteiger partial charge < -0.3 is 14.2 Å². The molecule has 11 heteroatoms. The Morgan fingerprint density at radius 2 is 1.42 bits per heavy atom. The summed E-state index contributed by atoms with van der Waals surface area (Å²) in [5, 5.41) is 6.94. The fourth-order valence-corrected chi connectivity index (χ4v) is 5.81. The van der Waals surface area contributed by atoms with Crippen LogP contribution in [0.15, 0.2) is 89.6 Å². The fourth-order valence-electron chi connectivity index (χ4n) is 4.32. The van der Waals surface area contributed by atoms with Crippen LogP contribution in [0, 0.1) is 0 Å². The van der Waals surface area contributed by atoms with Crippen LogP contribution < -0.4 is 14.8 Å². The first-order chi connectivity index (χ1) is 21.0. The van der Waals surface area contributed by atoms with Crippen LogP contribution in [-0.4, -0.2) is 47.7 Å². The van der Waals surface area contributed by atoms with Crippen molar-refractivity contribution in [3.05, 3.63) is 95.2 Å². The molecule has 3 heterocycles. The Morgan fingerprint density at radius 1 is 0.767 bits per heavy atom. The number of thiazole rings is 1. The number of methoxy groups -OCH3 is 2. The van der Waals surface area contributed by atoms with Crippen LogP contribution >= 0.6 is 22.7 Å². The molecule has 0 aliphatic rings. The molecule has 214 valence electrons. The number of rotatable bonds is 9. The van der Waals surface area contributed by atoms with Crippen LogP contribution in [0.4, 0.5) is 5.13 Å². The number of fused-ring (bicyclic) bond motifs is 1. The lowest BCUT2D eigenvalue weighted by Gasteiger charge is -2.12. The summed E-state index contributed by atoms with van der Waals surface area (Å²) in [7, 11) is 3.23. The highest BCUT2D eigenvalue weighted by molar-refractivity contribution is 7.16. The summed E-state index contributed by atoms with van der Waals surface area (Å²) in [5.41, 5.74) is 5.14. The van der Waals surface area contributed by atoms with Crippen LogP contribution in [-0.2, 0) is 9.53 Å². The van der Waals surface area contributed by atoms with Crippen molar-refractivity contribution in [3.63, 3.8) is 0 Å². The molecule has 0 saturated heterocycles. The number of carbonyl (C=O) groups excluding carboxylic acids is 2. The Balaban J connectivity index is 1.23. The summed E-state index contributed by atoms with van der Waals surface area (Å²) in [4.78, 5) is 40.6. The van der Waals surface area contributed by atoms with Gasteiger partial charge in [0.15, 0.2) is 11.7 Å². The van der Waals surface area contributed by atoms with Gasteiger partial charge in [0, 0.05) is 16.5 Å². The second kappa shape index (κ2) is 12.4. The fraction of sp³-hybridized carbons (Fsp3) is 0.0938. The van der Waals surface area contributed by atoms with Crippen LogP contribution in [0.1, 0.15) is 10.4 Å². The van der Waals surface area contributed by atoms with E-state index in [1.165, 1.54) is 11.3 Å². The van der Waals surface area contributed by atoms with Gasteiger partial charge in [-0.15, -0.1) is 22.7 Å². The first-order valence-electron chi connectivity index (χ1n) is 13.1. The van der Waals surface area contributed by atoms with Crippen LogP contribution in [0.3, 0.4) is 0 Å². The van der Waals surface area contributed by atoms with E-state index in [4.69, 9.17) is 24.2 Å². The SMILES string of the molecule is COc1ccc(-c2nc3ccc(C(=O)OCC(=O)Nc4nc(-c5cccs5)cs4)cc3nc2-c2ccc(OC)cc2)cc1. The molecule has 9 nitrogen and oxygen atoms in total. The van der Waals surface area contributed by atoms with Crippen molar-refractivity contribution in [2.24, 2.45) is 0 Å². The third-order valence-electron chi connectivity index (χ3n) is 6.49. The van der Waals surface area contributed by atoms with Crippen molar-refractivity contribution in [1.29, 1.82) is 0 Å². The average molecular weight is 609 g/mol. The topological polar surface area (TPSA) is 113 Å². The lowest BCUT2D eigenvalue weighted by molar-refractivity contribution is -0.119. The van der Waals surface area contributed by atoms with E-state index in [1.807, 2.05) is 71.4 Å². The van der Waals surface area contributed by atoms with Gasteiger partial charge in [0.25, 0.3) is 5.91 Å². The summed E-state index contributed by atoms with van der Waals surface area (Å²) >= 11 is 2.87. The number of amides is 1. The van der Waals surface area contributed by atoms with Gasteiger partial charge in [0.2, 0.25) is 0 Å². The summed E-state index contributed by atoms with van der Waals surface area (Å²) in [6.07, 6.45) is 0. The molecule has 3 aromatic heterocycles. The highest BCUT2D eigenvalue weighted by Crippen LogP contribution is 2.33. The van der Waals surface area contributed by atoms with Gasteiger partial charge in [0.1, 0.15) is 11.5 Å². The molecule has 0 unspecified atom stereocenters. The molecule has 6 aromatic rings. The summed E-state index contributed by atoms with van der Waals surface area (Å²) in [6, 6.07) is 23.9. The Bertz CT molecular complexity index is 1900. The van der Waals surface area contributed by atoms with Gasteiger partial charge >= 0.3 is 5.97 Å². The Labute approximate surface area is 254 Å². The normalized spacial score (nSPS) is 10.8. The van der Waals surface area contributed by atoms with Crippen molar-refractivity contribution >= 4 is 50.7 Å². The molecule has 0 spiro atoms. The Morgan fingerprint density at radius 3 is 2.02 bits per heavy atom. The molecule has 0 atom stereocenters. The lowest BCUT2D eigenvalue weighted by atomic mass is 10.0. The van der Waals surface area contributed by atoms with Gasteiger partial charge in [-0.25, -0.2) is 19.7 Å². The van der Waals surface area contributed by atoms with Crippen molar-refractivity contribution < 1.29 is 23.8 Å². The molecule has 3 aromatic carbocycles. The van der Waals surface area contributed by atoms with E-state index in [9.17, 15) is 9.59 Å². The number of benzene rings is 3. The standard InChI is InChI=1S/C32H24N4O5S2/c1-39-22-10-5-19(6-11-22)29-30(20-7-12-23(40-2)13-8-20)34-25-16-21(9-14-24(25)33-29)31(38)41-17-28(37)36-32-35-26(18-43-32)27-4-3-15-42-27/h3-16,18H,17H2,1-2H3,(H,35,36,37). The molecule has 0 saturated carbocycles. The smallest absolute Gasteiger partial charge is 0.338 e. The highest BCUT2D eigenvalue weighted by atomic mass is 32.1. The maximum atomic E-state index is 12.9. The number of hydrogen-bond donors (Lipinski definition) is 1. The maximum Gasteiger partial charge on any atom is 0.338 e. The third-order valence-corrected chi connectivity index (χ3v) is 8.14. The number of carbonyl (C=O) groups is 2. The Hall–Kier alpha value is -5.13. The predicted octanol–water partition coefficient (Wildman–Crippen LogP) is 6.96. The molecule has 43 heavy (non-hydrogen) atoms. The molecule has 0 bridgehead atoms. The second-order valence-corrected chi connectivity index (χ2v) is 11.0. The monoisotopic (exact) mass is 608 g/mol. The van der Waals surface area contributed by atoms with Crippen molar-refractivity contribution in [1.82, 2.24) is 15.0 Å². The highest BCUT2D eigenvalue weighted by Gasteiger charge is 2.17. The molecule has 1 amide bonds.